The Labute approximate surface area is 137 Å². The summed E-state index contributed by atoms with van der Waals surface area (Å²) in [7, 11) is 0. The van der Waals surface area contributed by atoms with Crippen LogP contribution in [0.4, 0.5) is 2.66 Å². The molecule has 0 aromatic rings. The van der Waals surface area contributed by atoms with Crippen molar-refractivity contribution in [3.63, 3.8) is 0 Å². The van der Waals surface area contributed by atoms with Crippen molar-refractivity contribution in [3.8, 4) is 0 Å². The summed E-state index contributed by atoms with van der Waals surface area (Å²) in [6, 6.07) is 0. The van der Waals surface area contributed by atoms with Gasteiger partial charge >= 0.3 is 137 Å². The van der Waals surface area contributed by atoms with Crippen LogP contribution >= 0.6 is 0 Å². The Morgan fingerprint density at radius 3 is 2.68 bits per heavy atom. The minimum absolute atomic E-state index is 0.241. The molecule has 22 heavy (non-hydrogen) atoms. The first-order chi connectivity index (χ1) is 10.1. The zero-order valence-electron chi connectivity index (χ0n) is 13.3. The summed E-state index contributed by atoms with van der Waals surface area (Å²) < 4.78 is 26.1. The fourth-order valence-electron chi connectivity index (χ4n) is 2.93. The second-order valence-electron chi connectivity index (χ2n) is 6.82. The Balaban J connectivity index is 2.30. The van der Waals surface area contributed by atoms with Crippen molar-refractivity contribution in [1.82, 2.24) is 0 Å². The van der Waals surface area contributed by atoms with Crippen molar-refractivity contribution >= 4 is 22.0 Å². The Kier molecular flexibility index (Phi) is 5.06. The van der Waals surface area contributed by atoms with E-state index in [0.717, 1.165) is 0 Å². The van der Waals surface area contributed by atoms with Gasteiger partial charge in [0.25, 0.3) is 0 Å². The predicted molar refractivity (Wildman–Crippen MR) is 79.4 cm³/mol. The molecular formula is C14H21FInNO5. The zero-order valence-corrected chi connectivity index (χ0v) is 16.6. The van der Waals surface area contributed by atoms with Gasteiger partial charge < -0.3 is 0 Å². The van der Waals surface area contributed by atoms with Gasteiger partial charge in [-0.05, 0) is 0 Å². The number of rotatable bonds is 5. The summed E-state index contributed by atoms with van der Waals surface area (Å²) in [6.07, 6.45) is 1.48. The first-order valence-corrected chi connectivity index (χ1v) is 11.8. The van der Waals surface area contributed by atoms with Crippen molar-refractivity contribution in [2.75, 3.05) is 13.2 Å². The van der Waals surface area contributed by atoms with E-state index < -0.39 is 38.2 Å². The number of hydrogen-bond acceptors (Lipinski definition) is 5. The molecule has 2 rings (SSSR count). The molecule has 0 amide bonds. The zero-order chi connectivity index (χ0) is 16.7. The summed E-state index contributed by atoms with van der Waals surface area (Å²) in [5.74, 6) is -0.690. The number of hydrogen-bond donors (Lipinski definition) is 1. The SMILES string of the molecule is CC1(C)OC[C@@H](CC2=[C](C(C)(C)CO)[In]([F])[C]([N+](=O)[O-])=C2)O1. The molecule has 0 unspecified atom stereocenters. The van der Waals surface area contributed by atoms with Gasteiger partial charge in [0.2, 0.25) is 0 Å². The van der Waals surface area contributed by atoms with Gasteiger partial charge in [0.1, 0.15) is 0 Å². The van der Waals surface area contributed by atoms with Crippen molar-refractivity contribution in [2.24, 2.45) is 5.41 Å². The second-order valence-corrected chi connectivity index (χ2v) is 12.2. The molecule has 1 saturated heterocycles. The molecule has 2 heterocycles. The summed E-state index contributed by atoms with van der Waals surface area (Å²) in [5, 5.41) is 20.6. The summed E-state index contributed by atoms with van der Waals surface area (Å²) in [5.41, 5.74) is -0.172. The van der Waals surface area contributed by atoms with E-state index in [1.54, 1.807) is 27.7 Å². The van der Waals surface area contributed by atoms with Gasteiger partial charge in [-0.2, -0.15) is 0 Å². The van der Waals surface area contributed by atoms with Gasteiger partial charge in [0, 0.05) is 0 Å². The molecule has 2 aliphatic heterocycles. The van der Waals surface area contributed by atoms with Crippen LogP contribution in [-0.4, -0.2) is 57.2 Å². The number of halogens is 1. The molecule has 0 spiro atoms. The Hall–Kier alpha value is -0.440. The fraction of sp³-hybridized carbons (Fsp3) is 0.714. The number of allylic oxidation sites excluding steroid dienone is 1. The van der Waals surface area contributed by atoms with Crippen LogP contribution in [0.15, 0.2) is 18.4 Å². The first-order valence-electron chi connectivity index (χ1n) is 7.23. The van der Waals surface area contributed by atoms with Gasteiger partial charge in [-0.25, -0.2) is 0 Å². The van der Waals surface area contributed by atoms with E-state index in [9.17, 15) is 17.9 Å². The number of aliphatic hydroxyl groups is 1. The quantitative estimate of drug-likeness (QED) is 0.547. The maximum absolute atomic E-state index is 14.7. The van der Waals surface area contributed by atoms with E-state index in [2.05, 4.69) is 0 Å². The molecule has 0 aliphatic carbocycles. The summed E-state index contributed by atoms with van der Waals surface area (Å²) >= 11 is -4.14. The molecule has 0 aromatic carbocycles. The fourth-order valence-corrected chi connectivity index (χ4v) is 9.01. The van der Waals surface area contributed by atoms with Crippen LogP contribution in [0.1, 0.15) is 34.1 Å². The molecule has 8 heteroatoms. The molecule has 0 bridgehead atoms. The Morgan fingerprint density at radius 2 is 2.23 bits per heavy atom. The molecular weight excluding hydrogens is 396 g/mol. The maximum atomic E-state index is 14.7. The third kappa shape index (κ3) is 3.55. The molecule has 0 radical (unpaired) electrons. The first kappa shape index (κ1) is 17.9. The van der Waals surface area contributed by atoms with Gasteiger partial charge in [-0.3, -0.25) is 0 Å². The van der Waals surface area contributed by atoms with Gasteiger partial charge in [0.05, 0.1) is 0 Å². The summed E-state index contributed by atoms with van der Waals surface area (Å²) in [4.78, 5) is 10.4. The topological polar surface area (TPSA) is 81.8 Å². The van der Waals surface area contributed by atoms with E-state index in [1.165, 1.54) is 6.08 Å². The Morgan fingerprint density at radius 1 is 1.59 bits per heavy atom. The van der Waals surface area contributed by atoms with E-state index in [1.807, 2.05) is 0 Å². The molecule has 1 atom stereocenters. The molecule has 122 valence electrons. The predicted octanol–water partition coefficient (Wildman–Crippen LogP) is 2.06. The van der Waals surface area contributed by atoms with Gasteiger partial charge in [0.15, 0.2) is 0 Å². The van der Waals surface area contributed by atoms with Crippen LogP contribution in [0, 0.1) is 15.5 Å². The normalized spacial score (nSPS) is 24.9. The van der Waals surface area contributed by atoms with E-state index in [-0.39, 0.29) is 16.2 Å². The van der Waals surface area contributed by atoms with Crippen molar-refractivity contribution in [1.29, 1.82) is 0 Å². The molecule has 6 nitrogen and oxygen atoms in total. The number of nitrogens with zero attached hydrogens (tertiary/aromatic N) is 1. The van der Waals surface area contributed by atoms with Crippen LogP contribution in [-0.2, 0) is 9.47 Å². The van der Waals surface area contributed by atoms with Gasteiger partial charge in [-0.15, -0.1) is 0 Å². The standard InChI is InChI=1S/C14H21NO5.FH.In/c1-13(2,10-16)8-11(5-6-15(17)18)7-12-9-19-14(3,4)20-12;;/h5,12,16H,7,9-10H2,1-4H3;1H;/q;;+1/p-1/t12-;;/m1../s1. The minimum atomic E-state index is -4.14. The van der Waals surface area contributed by atoms with E-state index in [4.69, 9.17) is 9.47 Å². The number of nitro groups is 1. The third-order valence-corrected chi connectivity index (χ3v) is 11.3. The monoisotopic (exact) mass is 417 g/mol. The molecule has 0 saturated carbocycles. The second kappa shape index (κ2) is 6.22. The van der Waals surface area contributed by atoms with Crippen LogP contribution in [0.3, 0.4) is 0 Å². The third-order valence-electron chi connectivity index (χ3n) is 4.03. The number of aliphatic hydroxyl groups excluding tert-OH is 1. The van der Waals surface area contributed by atoms with Crippen LogP contribution in [0.2, 0.25) is 0 Å². The molecule has 0 aromatic heterocycles. The van der Waals surface area contributed by atoms with Crippen molar-refractivity contribution in [2.45, 2.75) is 46.0 Å². The van der Waals surface area contributed by atoms with Crippen LogP contribution in [0.5, 0.6) is 0 Å². The Bertz CT molecular complexity index is 543. The van der Waals surface area contributed by atoms with E-state index >= 15 is 0 Å². The average molecular weight is 417 g/mol. The van der Waals surface area contributed by atoms with Crippen molar-refractivity contribution in [3.05, 3.63) is 28.5 Å². The van der Waals surface area contributed by atoms with Crippen LogP contribution < -0.4 is 0 Å². The molecule has 1 fully saturated rings. The molecule has 2 aliphatic rings. The average Bonchev–Trinajstić information content (AvgIpc) is 2.90. The molecule has 1 N–H and O–H groups in total. The summed E-state index contributed by atoms with van der Waals surface area (Å²) in [6.45, 7) is 7.16. The van der Waals surface area contributed by atoms with E-state index in [0.29, 0.717) is 21.9 Å². The van der Waals surface area contributed by atoms with Crippen LogP contribution in [0.25, 0.3) is 0 Å². The van der Waals surface area contributed by atoms with Gasteiger partial charge in [-0.1, -0.05) is 0 Å². The number of ether oxygens (including phenoxy) is 2. The van der Waals surface area contributed by atoms with Crippen molar-refractivity contribution < 1.29 is 22.2 Å².